The predicted molar refractivity (Wildman–Crippen MR) is 67.1 cm³/mol. The fraction of sp³-hybridized carbons (Fsp3) is 0.500. The molecule has 1 rings (SSSR count). The number of nitrogens with two attached hydrogens (primary N) is 1. The van der Waals surface area contributed by atoms with Gasteiger partial charge in [-0.15, -0.1) is 0 Å². The molecule has 0 radical (unpaired) electrons. The van der Waals surface area contributed by atoms with Crippen LogP contribution in [0.4, 0.5) is 0 Å². The Hall–Kier alpha value is -0.910. The van der Waals surface area contributed by atoms with E-state index in [0.717, 1.165) is 6.42 Å². The molecule has 2 atom stereocenters. The van der Waals surface area contributed by atoms with Gasteiger partial charge in [0, 0.05) is 5.92 Å². The molecule has 0 saturated carbocycles. The van der Waals surface area contributed by atoms with Crippen molar-refractivity contribution < 1.29 is 13.5 Å². The first kappa shape index (κ1) is 14.2. The van der Waals surface area contributed by atoms with Gasteiger partial charge in [0.05, 0.1) is 11.5 Å². The number of sulfonamides is 1. The fourth-order valence-corrected chi connectivity index (χ4v) is 2.73. The van der Waals surface area contributed by atoms with Gasteiger partial charge < -0.3 is 5.11 Å². The summed E-state index contributed by atoms with van der Waals surface area (Å²) in [5.41, 5.74) is 0.604. The molecule has 0 aliphatic heterocycles. The summed E-state index contributed by atoms with van der Waals surface area (Å²) in [6.45, 7) is 3.91. The van der Waals surface area contributed by atoms with Crippen LogP contribution in [-0.2, 0) is 10.0 Å². The maximum atomic E-state index is 11.5. The molecule has 0 aliphatic rings. The number of benzene rings is 1. The average molecular weight is 257 g/mol. The van der Waals surface area contributed by atoms with Crippen LogP contribution in [0.3, 0.4) is 0 Å². The molecule has 0 aliphatic carbocycles. The highest BCUT2D eigenvalue weighted by atomic mass is 32.2. The minimum atomic E-state index is -3.74. The monoisotopic (exact) mass is 257 g/mol. The number of aliphatic hydroxyl groups is 1. The maximum Gasteiger partial charge on any atom is 0.238 e. The van der Waals surface area contributed by atoms with Crippen LogP contribution in [0.15, 0.2) is 29.2 Å². The van der Waals surface area contributed by atoms with Gasteiger partial charge in [0.2, 0.25) is 10.0 Å². The van der Waals surface area contributed by atoms with Crippen LogP contribution in [0.1, 0.15) is 31.7 Å². The van der Waals surface area contributed by atoms with E-state index in [9.17, 15) is 13.5 Å². The van der Waals surface area contributed by atoms with Gasteiger partial charge in [-0.05, 0) is 17.5 Å². The van der Waals surface area contributed by atoms with Crippen LogP contribution in [0, 0.1) is 5.92 Å². The van der Waals surface area contributed by atoms with Crippen molar-refractivity contribution in [3.05, 3.63) is 29.8 Å². The average Bonchev–Trinajstić information content (AvgIpc) is 2.29. The quantitative estimate of drug-likeness (QED) is 0.838. The summed E-state index contributed by atoms with van der Waals surface area (Å²) in [5.74, 6) is -0.00238. The summed E-state index contributed by atoms with van der Waals surface area (Å²) < 4.78 is 23.0. The molecular formula is C12H19NO3S. The zero-order valence-corrected chi connectivity index (χ0v) is 10.9. The Balaban J connectivity index is 3.30. The highest BCUT2D eigenvalue weighted by molar-refractivity contribution is 7.89. The number of hydrogen-bond acceptors (Lipinski definition) is 3. The van der Waals surface area contributed by atoms with E-state index in [-0.39, 0.29) is 23.3 Å². The van der Waals surface area contributed by atoms with Crippen LogP contribution in [0.2, 0.25) is 0 Å². The first-order valence-corrected chi connectivity index (χ1v) is 7.19. The molecule has 5 heteroatoms. The molecule has 0 heterocycles. The Labute approximate surface area is 103 Å². The molecule has 1 aromatic carbocycles. The largest absolute Gasteiger partial charge is 0.396 e. The number of hydrogen-bond donors (Lipinski definition) is 2. The number of rotatable bonds is 5. The van der Waals surface area contributed by atoms with Gasteiger partial charge in [-0.3, -0.25) is 0 Å². The van der Waals surface area contributed by atoms with Gasteiger partial charge in [-0.2, -0.15) is 0 Å². The molecule has 0 fully saturated rings. The molecule has 0 amide bonds. The molecule has 0 bridgehead atoms. The van der Waals surface area contributed by atoms with Crippen LogP contribution in [0.5, 0.6) is 0 Å². The highest BCUT2D eigenvalue weighted by Gasteiger charge is 2.23. The summed E-state index contributed by atoms with van der Waals surface area (Å²) in [5, 5.41) is 14.6. The van der Waals surface area contributed by atoms with Crippen LogP contribution < -0.4 is 5.14 Å². The van der Waals surface area contributed by atoms with E-state index in [1.807, 2.05) is 13.8 Å². The second kappa shape index (κ2) is 5.62. The van der Waals surface area contributed by atoms with E-state index in [0.29, 0.717) is 5.56 Å². The van der Waals surface area contributed by atoms with Crippen LogP contribution >= 0.6 is 0 Å². The Kier molecular flexibility index (Phi) is 4.68. The van der Waals surface area contributed by atoms with Gasteiger partial charge in [0.1, 0.15) is 0 Å². The summed E-state index contributed by atoms with van der Waals surface area (Å²) in [4.78, 5) is 0.111. The first-order valence-electron chi connectivity index (χ1n) is 5.64. The van der Waals surface area contributed by atoms with Crippen molar-refractivity contribution in [3.63, 3.8) is 0 Å². The molecule has 3 N–H and O–H groups in total. The van der Waals surface area contributed by atoms with Crippen LogP contribution in [0.25, 0.3) is 0 Å². The normalized spacial score (nSPS) is 15.5. The first-order chi connectivity index (χ1) is 7.91. The lowest BCUT2D eigenvalue weighted by molar-refractivity contribution is 0.227. The van der Waals surface area contributed by atoms with Crippen molar-refractivity contribution in [3.8, 4) is 0 Å². The fourth-order valence-electron chi connectivity index (χ4n) is 1.92. The summed E-state index contributed by atoms with van der Waals surface area (Å²) in [6, 6.07) is 6.59. The van der Waals surface area contributed by atoms with Crippen molar-refractivity contribution in [2.45, 2.75) is 31.1 Å². The Morgan fingerprint density at radius 1 is 1.35 bits per heavy atom. The van der Waals surface area contributed by atoms with E-state index >= 15 is 0 Å². The third kappa shape index (κ3) is 3.28. The third-order valence-electron chi connectivity index (χ3n) is 3.15. The second-order valence-corrected chi connectivity index (χ2v) is 5.79. The van der Waals surface area contributed by atoms with Crippen molar-refractivity contribution >= 4 is 10.0 Å². The predicted octanol–water partition coefficient (Wildman–Crippen LogP) is 1.46. The van der Waals surface area contributed by atoms with Crippen molar-refractivity contribution in [1.29, 1.82) is 0 Å². The molecule has 0 saturated heterocycles. The standard InChI is InChI=1S/C12H19NO3S/c1-3-9(2)11(8-14)10-6-4-5-7-12(10)17(13,15)16/h4-7,9,11,14H,3,8H2,1-2H3,(H2,13,15,16)/t9-,11-/m0/s1. The SMILES string of the molecule is CC[C@H](C)[C@H](CO)c1ccccc1S(N)(=O)=O. The van der Waals surface area contributed by atoms with Gasteiger partial charge >= 0.3 is 0 Å². The lowest BCUT2D eigenvalue weighted by Gasteiger charge is -2.23. The van der Waals surface area contributed by atoms with E-state index < -0.39 is 10.0 Å². The summed E-state index contributed by atoms with van der Waals surface area (Å²) in [7, 11) is -3.74. The maximum absolute atomic E-state index is 11.5. The molecule has 0 spiro atoms. The second-order valence-electron chi connectivity index (χ2n) is 4.26. The molecular weight excluding hydrogens is 238 g/mol. The van der Waals surface area contributed by atoms with Gasteiger partial charge in [0.15, 0.2) is 0 Å². The van der Waals surface area contributed by atoms with Crippen molar-refractivity contribution in [1.82, 2.24) is 0 Å². The minimum Gasteiger partial charge on any atom is -0.396 e. The minimum absolute atomic E-state index is 0.0818. The van der Waals surface area contributed by atoms with E-state index in [1.54, 1.807) is 18.2 Å². The van der Waals surface area contributed by atoms with E-state index in [4.69, 9.17) is 5.14 Å². The molecule has 0 aromatic heterocycles. The molecule has 1 aromatic rings. The summed E-state index contributed by atoms with van der Waals surface area (Å²) in [6.07, 6.45) is 0.865. The van der Waals surface area contributed by atoms with Crippen molar-refractivity contribution in [2.75, 3.05) is 6.61 Å². The van der Waals surface area contributed by atoms with Gasteiger partial charge in [-0.1, -0.05) is 38.5 Å². The Bertz CT molecular complexity index is 470. The number of primary sulfonamides is 1. The Morgan fingerprint density at radius 2 is 1.94 bits per heavy atom. The number of aliphatic hydroxyl groups excluding tert-OH is 1. The van der Waals surface area contributed by atoms with Gasteiger partial charge in [0.25, 0.3) is 0 Å². The third-order valence-corrected chi connectivity index (χ3v) is 4.14. The zero-order valence-electron chi connectivity index (χ0n) is 10.1. The lowest BCUT2D eigenvalue weighted by atomic mass is 9.86. The molecule has 17 heavy (non-hydrogen) atoms. The van der Waals surface area contributed by atoms with E-state index in [2.05, 4.69) is 0 Å². The van der Waals surface area contributed by atoms with Crippen LogP contribution in [-0.4, -0.2) is 20.1 Å². The molecule has 4 nitrogen and oxygen atoms in total. The molecule has 96 valence electrons. The zero-order chi connectivity index (χ0) is 13.1. The topological polar surface area (TPSA) is 80.4 Å². The smallest absolute Gasteiger partial charge is 0.238 e. The van der Waals surface area contributed by atoms with E-state index in [1.165, 1.54) is 6.07 Å². The lowest BCUT2D eigenvalue weighted by Crippen LogP contribution is -2.20. The highest BCUT2D eigenvalue weighted by Crippen LogP contribution is 2.30. The van der Waals surface area contributed by atoms with Crippen molar-refractivity contribution in [2.24, 2.45) is 11.1 Å². The summed E-state index contributed by atoms with van der Waals surface area (Å²) >= 11 is 0. The molecule has 0 unspecified atom stereocenters. The van der Waals surface area contributed by atoms with Gasteiger partial charge in [-0.25, -0.2) is 13.6 Å². The Morgan fingerprint density at radius 3 is 2.41 bits per heavy atom.